The number of carbonyl (C=O) groups is 1. The first-order valence-corrected chi connectivity index (χ1v) is 8.17. The summed E-state index contributed by atoms with van der Waals surface area (Å²) in [5.74, 6) is 0.790. The van der Waals surface area contributed by atoms with Gasteiger partial charge in [-0.2, -0.15) is 5.26 Å². The zero-order valence-electron chi connectivity index (χ0n) is 13.3. The first-order chi connectivity index (χ1) is 10.7. The van der Waals surface area contributed by atoms with E-state index < -0.39 is 0 Å². The highest BCUT2D eigenvalue weighted by Gasteiger charge is 2.14. The number of carbonyl (C=O) groups excluding carboxylic acids is 1. The Morgan fingerprint density at radius 3 is 2.59 bits per heavy atom. The van der Waals surface area contributed by atoms with Crippen LogP contribution in [0.4, 0.5) is 4.79 Å². The molecule has 0 spiro atoms. The molecule has 118 valence electrons. The maximum Gasteiger partial charge on any atom is 0.317 e. The van der Waals surface area contributed by atoms with Crippen LogP contribution in [0.1, 0.15) is 49.7 Å². The van der Waals surface area contributed by atoms with Gasteiger partial charge in [-0.25, -0.2) is 4.79 Å². The SMILES string of the molecule is CN(Cc1ccc(C#N)cc1)C(=O)NCCC1CCCCC1. The van der Waals surface area contributed by atoms with Crippen LogP contribution in [0.2, 0.25) is 0 Å². The first kappa shape index (κ1) is 16.4. The van der Waals surface area contributed by atoms with E-state index in [9.17, 15) is 4.79 Å². The molecule has 22 heavy (non-hydrogen) atoms. The molecule has 1 fully saturated rings. The summed E-state index contributed by atoms with van der Waals surface area (Å²) in [6.45, 7) is 1.32. The highest BCUT2D eigenvalue weighted by molar-refractivity contribution is 5.73. The number of rotatable bonds is 5. The third-order valence-electron chi connectivity index (χ3n) is 4.40. The molecule has 0 radical (unpaired) electrons. The minimum atomic E-state index is -0.0276. The Morgan fingerprint density at radius 2 is 1.95 bits per heavy atom. The van der Waals surface area contributed by atoms with Gasteiger partial charge in [-0.3, -0.25) is 0 Å². The highest BCUT2D eigenvalue weighted by atomic mass is 16.2. The molecule has 0 bridgehead atoms. The molecule has 0 heterocycles. The lowest BCUT2D eigenvalue weighted by Gasteiger charge is -2.23. The number of nitriles is 1. The van der Waals surface area contributed by atoms with E-state index in [1.807, 2.05) is 12.1 Å². The number of hydrogen-bond acceptors (Lipinski definition) is 2. The summed E-state index contributed by atoms with van der Waals surface area (Å²) in [6, 6.07) is 9.42. The van der Waals surface area contributed by atoms with E-state index in [-0.39, 0.29) is 6.03 Å². The maximum absolute atomic E-state index is 12.1. The molecule has 1 aliphatic carbocycles. The minimum Gasteiger partial charge on any atom is -0.338 e. The average Bonchev–Trinajstić information content (AvgIpc) is 2.56. The van der Waals surface area contributed by atoms with Crippen LogP contribution < -0.4 is 5.32 Å². The van der Waals surface area contributed by atoms with Crippen LogP contribution >= 0.6 is 0 Å². The summed E-state index contributed by atoms with van der Waals surface area (Å²) in [7, 11) is 1.80. The number of amides is 2. The predicted octanol–water partition coefficient (Wildman–Crippen LogP) is 3.67. The van der Waals surface area contributed by atoms with Crippen molar-refractivity contribution in [1.29, 1.82) is 5.26 Å². The maximum atomic E-state index is 12.1. The van der Waals surface area contributed by atoms with Crippen LogP contribution in [-0.4, -0.2) is 24.5 Å². The Kier molecular flexibility index (Phi) is 6.27. The Bertz CT molecular complexity index is 512. The molecule has 0 aromatic heterocycles. The largest absolute Gasteiger partial charge is 0.338 e. The summed E-state index contributed by atoms with van der Waals surface area (Å²) in [5.41, 5.74) is 1.67. The Labute approximate surface area is 133 Å². The van der Waals surface area contributed by atoms with Crippen molar-refractivity contribution >= 4 is 6.03 Å². The first-order valence-electron chi connectivity index (χ1n) is 8.17. The van der Waals surface area contributed by atoms with Crippen molar-refractivity contribution in [2.75, 3.05) is 13.6 Å². The molecule has 1 saturated carbocycles. The second-order valence-corrected chi connectivity index (χ2v) is 6.19. The molecule has 4 nitrogen and oxygen atoms in total. The van der Waals surface area contributed by atoms with Gasteiger partial charge in [-0.1, -0.05) is 44.2 Å². The lowest BCUT2D eigenvalue weighted by molar-refractivity contribution is 0.205. The van der Waals surface area contributed by atoms with Gasteiger partial charge in [0.2, 0.25) is 0 Å². The van der Waals surface area contributed by atoms with Gasteiger partial charge < -0.3 is 10.2 Å². The van der Waals surface area contributed by atoms with Gasteiger partial charge in [0.15, 0.2) is 0 Å². The van der Waals surface area contributed by atoms with Crippen LogP contribution in [0, 0.1) is 17.2 Å². The Hall–Kier alpha value is -2.02. The molecule has 1 N–H and O–H groups in total. The Morgan fingerprint density at radius 1 is 1.27 bits per heavy atom. The summed E-state index contributed by atoms with van der Waals surface area (Å²) in [4.78, 5) is 13.8. The topological polar surface area (TPSA) is 56.1 Å². The van der Waals surface area contributed by atoms with Crippen LogP contribution in [0.5, 0.6) is 0 Å². The summed E-state index contributed by atoms with van der Waals surface area (Å²) >= 11 is 0. The number of nitrogens with one attached hydrogen (secondary N) is 1. The van der Waals surface area contributed by atoms with Crippen LogP contribution in [0.15, 0.2) is 24.3 Å². The van der Waals surface area contributed by atoms with Crippen molar-refractivity contribution in [1.82, 2.24) is 10.2 Å². The smallest absolute Gasteiger partial charge is 0.317 e. The van der Waals surface area contributed by atoms with Gasteiger partial charge in [0, 0.05) is 20.1 Å². The van der Waals surface area contributed by atoms with Crippen LogP contribution in [0.3, 0.4) is 0 Å². The quantitative estimate of drug-likeness (QED) is 0.902. The fraction of sp³-hybridized carbons (Fsp3) is 0.556. The molecule has 0 unspecified atom stereocenters. The molecule has 1 aromatic rings. The number of nitrogens with zero attached hydrogens (tertiary/aromatic N) is 2. The Balaban J connectivity index is 1.70. The lowest BCUT2D eigenvalue weighted by Crippen LogP contribution is -2.37. The van der Waals surface area contributed by atoms with Crippen LogP contribution in [-0.2, 0) is 6.54 Å². The van der Waals surface area contributed by atoms with Crippen LogP contribution in [0.25, 0.3) is 0 Å². The number of hydrogen-bond donors (Lipinski definition) is 1. The summed E-state index contributed by atoms with van der Waals surface area (Å²) in [6.07, 6.45) is 7.79. The summed E-state index contributed by atoms with van der Waals surface area (Å²) < 4.78 is 0. The van der Waals surface area contributed by atoms with Gasteiger partial charge in [-0.15, -0.1) is 0 Å². The standard InChI is InChI=1S/C18H25N3O/c1-21(14-17-9-7-16(13-19)8-10-17)18(22)20-12-11-15-5-3-2-4-6-15/h7-10,15H,2-6,11-12,14H2,1H3,(H,20,22). The van der Waals surface area contributed by atoms with Crippen molar-refractivity contribution in [3.8, 4) is 6.07 Å². The van der Waals surface area contributed by atoms with Crippen molar-refractivity contribution in [3.63, 3.8) is 0 Å². The monoisotopic (exact) mass is 299 g/mol. The fourth-order valence-corrected chi connectivity index (χ4v) is 3.02. The molecule has 4 heteroatoms. The van der Waals surface area contributed by atoms with Crippen molar-refractivity contribution in [2.24, 2.45) is 5.92 Å². The summed E-state index contributed by atoms with van der Waals surface area (Å²) in [5, 5.41) is 11.8. The predicted molar refractivity (Wildman–Crippen MR) is 87.2 cm³/mol. The zero-order chi connectivity index (χ0) is 15.8. The van der Waals surface area contributed by atoms with E-state index in [2.05, 4.69) is 11.4 Å². The molecule has 0 aliphatic heterocycles. The number of benzene rings is 1. The second-order valence-electron chi connectivity index (χ2n) is 6.19. The second kappa shape index (κ2) is 8.43. The van der Waals surface area contributed by atoms with Gasteiger partial charge in [0.1, 0.15) is 0 Å². The zero-order valence-corrected chi connectivity index (χ0v) is 13.3. The normalized spacial score (nSPS) is 15.1. The van der Waals surface area contributed by atoms with Crippen molar-refractivity contribution in [2.45, 2.75) is 45.1 Å². The van der Waals surface area contributed by atoms with Gasteiger partial charge in [-0.05, 0) is 30.0 Å². The third-order valence-corrected chi connectivity index (χ3v) is 4.40. The average molecular weight is 299 g/mol. The van der Waals surface area contributed by atoms with E-state index >= 15 is 0 Å². The van der Waals surface area contributed by atoms with E-state index in [4.69, 9.17) is 5.26 Å². The molecule has 1 aromatic carbocycles. The minimum absolute atomic E-state index is 0.0276. The van der Waals surface area contributed by atoms with Crippen molar-refractivity contribution < 1.29 is 4.79 Å². The van der Waals surface area contributed by atoms with E-state index in [0.717, 1.165) is 24.4 Å². The van der Waals surface area contributed by atoms with Gasteiger partial charge in [0.05, 0.1) is 11.6 Å². The molecule has 1 aliphatic rings. The highest BCUT2D eigenvalue weighted by Crippen LogP contribution is 2.25. The lowest BCUT2D eigenvalue weighted by atomic mass is 9.87. The third kappa shape index (κ3) is 5.07. The fourth-order valence-electron chi connectivity index (χ4n) is 3.02. The van der Waals surface area contributed by atoms with Gasteiger partial charge in [0.25, 0.3) is 0 Å². The molecular weight excluding hydrogens is 274 g/mol. The van der Waals surface area contributed by atoms with E-state index in [0.29, 0.717) is 12.1 Å². The van der Waals surface area contributed by atoms with Crippen molar-refractivity contribution in [3.05, 3.63) is 35.4 Å². The molecular formula is C18H25N3O. The van der Waals surface area contributed by atoms with E-state index in [1.54, 1.807) is 24.1 Å². The van der Waals surface area contributed by atoms with Gasteiger partial charge >= 0.3 is 6.03 Å². The van der Waals surface area contributed by atoms with E-state index in [1.165, 1.54) is 32.1 Å². The molecule has 0 saturated heterocycles. The number of urea groups is 1. The molecule has 2 rings (SSSR count). The molecule has 0 atom stereocenters. The molecule has 2 amide bonds.